The Kier molecular flexibility index (Phi) is 6.52. The maximum atomic E-state index is 12.6. The molecule has 0 aliphatic heterocycles. The molecule has 0 saturated heterocycles. The lowest BCUT2D eigenvalue weighted by Gasteiger charge is -2.14. The maximum Gasteiger partial charge on any atom is 0.274 e. The summed E-state index contributed by atoms with van der Waals surface area (Å²) in [6.07, 6.45) is 1.63. The molecule has 0 unspecified atom stereocenters. The van der Waals surface area contributed by atoms with Gasteiger partial charge in [0.2, 0.25) is 0 Å². The highest BCUT2D eigenvalue weighted by atomic mass is 16.5. The Morgan fingerprint density at radius 1 is 0.931 bits per heavy atom. The Morgan fingerprint density at radius 3 is 2.38 bits per heavy atom. The molecule has 0 saturated carbocycles. The van der Waals surface area contributed by atoms with Crippen LogP contribution in [0.4, 0.5) is 5.69 Å². The zero-order valence-corrected chi connectivity index (χ0v) is 16.3. The summed E-state index contributed by atoms with van der Waals surface area (Å²) in [5.41, 5.74) is 1.56. The third-order valence-corrected chi connectivity index (χ3v) is 3.87. The number of para-hydroxylation sites is 2. The molecule has 7 heteroatoms. The van der Waals surface area contributed by atoms with Gasteiger partial charge in [0.15, 0.2) is 0 Å². The average molecular weight is 390 g/mol. The second-order valence-corrected chi connectivity index (χ2v) is 6.53. The molecule has 0 radical (unpaired) electrons. The summed E-state index contributed by atoms with van der Waals surface area (Å²) in [7, 11) is 0. The van der Waals surface area contributed by atoms with Crippen molar-refractivity contribution in [2.45, 2.75) is 26.5 Å². The molecule has 3 rings (SSSR count). The number of nitrogens with zero attached hydrogens (tertiary/aromatic N) is 2. The number of hydrogen-bond acceptors (Lipinski definition) is 5. The Hall–Kier alpha value is -3.74. The zero-order valence-electron chi connectivity index (χ0n) is 16.3. The van der Waals surface area contributed by atoms with Crippen molar-refractivity contribution in [1.29, 1.82) is 0 Å². The third kappa shape index (κ3) is 5.62. The lowest BCUT2D eigenvalue weighted by Crippen LogP contribution is -2.25. The van der Waals surface area contributed by atoms with Gasteiger partial charge in [-0.3, -0.25) is 14.6 Å². The van der Waals surface area contributed by atoms with Crippen molar-refractivity contribution in [2.75, 3.05) is 5.32 Å². The number of anilines is 1. The van der Waals surface area contributed by atoms with Crippen molar-refractivity contribution in [3.63, 3.8) is 0 Å². The van der Waals surface area contributed by atoms with Crippen molar-refractivity contribution in [3.8, 4) is 5.75 Å². The van der Waals surface area contributed by atoms with Crippen LogP contribution in [0.15, 0.2) is 66.9 Å². The van der Waals surface area contributed by atoms with Crippen LogP contribution in [0.25, 0.3) is 0 Å². The van der Waals surface area contributed by atoms with E-state index in [-0.39, 0.29) is 29.9 Å². The third-order valence-electron chi connectivity index (χ3n) is 3.87. The normalized spacial score (nSPS) is 10.4. The van der Waals surface area contributed by atoms with Gasteiger partial charge in [-0.2, -0.15) is 0 Å². The molecule has 0 aliphatic carbocycles. The average Bonchev–Trinajstić information content (AvgIpc) is 2.74. The summed E-state index contributed by atoms with van der Waals surface area (Å²) in [6.45, 7) is 4.10. The second-order valence-electron chi connectivity index (χ2n) is 6.53. The summed E-state index contributed by atoms with van der Waals surface area (Å²) in [6, 6.07) is 17.4. The Labute approximate surface area is 169 Å². The topological polar surface area (TPSA) is 93.2 Å². The van der Waals surface area contributed by atoms with Gasteiger partial charge in [-0.1, -0.05) is 24.3 Å². The summed E-state index contributed by atoms with van der Waals surface area (Å²) < 4.78 is 5.71. The molecule has 29 heavy (non-hydrogen) atoms. The Balaban J connectivity index is 1.69. The zero-order chi connectivity index (χ0) is 20.6. The van der Waals surface area contributed by atoms with Crippen molar-refractivity contribution in [3.05, 3.63) is 83.9 Å². The molecule has 0 fully saturated rings. The molecule has 7 nitrogen and oxygen atoms in total. The van der Waals surface area contributed by atoms with Crippen LogP contribution in [0.2, 0.25) is 0 Å². The van der Waals surface area contributed by atoms with E-state index in [1.807, 2.05) is 32.0 Å². The molecule has 2 aromatic heterocycles. The van der Waals surface area contributed by atoms with E-state index in [0.717, 1.165) is 5.69 Å². The minimum Gasteiger partial charge on any atom is -0.489 e. The van der Waals surface area contributed by atoms with E-state index in [1.54, 1.807) is 48.7 Å². The minimum atomic E-state index is -0.427. The first-order valence-corrected chi connectivity index (χ1v) is 9.25. The van der Waals surface area contributed by atoms with Crippen LogP contribution in [0, 0.1) is 0 Å². The van der Waals surface area contributed by atoms with Gasteiger partial charge >= 0.3 is 0 Å². The van der Waals surface area contributed by atoms with Crippen LogP contribution in [0.1, 0.15) is 40.5 Å². The number of nitrogens with one attached hydrogen (secondary N) is 2. The number of amides is 2. The number of aromatic nitrogens is 2. The highest BCUT2D eigenvalue weighted by Gasteiger charge is 2.14. The van der Waals surface area contributed by atoms with Gasteiger partial charge in [-0.15, -0.1) is 0 Å². The van der Waals surface area contributed by atoms with E-state index in [0.29, 0.717) is 11.4 Å². The fraction of sp³-hybridized carbons (Fsp3) is 0.182. The largest absolute Gasteiger partial charge is 0.489 e. The maximum absolute atomic E-state index is 12.6. The van der Waals surface area contributed by atoms with Crippen LogP contribution in [0.3, 0.4) is 0 Å². The molecule has 148 valence electrons. The van der Waals surface area contributed by atoms with E-state index in [1.165, 1.54) is 0 Å². The van der Waals surface area contributed by atoms with E-state index in [2.05, 4.69) is 20.6 Å². The number of ether oxygens (including phenoxy) is 1. The molecule has 0 bridgehead atoms. The number of pyridine rings is 2. The van der Waals surface area contributed by atoms with Crippen molar-refractivity contribution < 1.29 is 14.3 Å². The first kappa shape index (κ1) is 20.0. The molecule has 3 aromatic rings. The predicted molar refractivity (Wildman–Crippen MR) is 110 cm³/mol. The number of hydrogen-bond donors (Lipinski definition) is 2. The second kappa shape index (κ2) is 9.45. The fourth-order valence-electron chi connectivity index (χ4n) is 2.56. The van der Waals surface area contributed by atoms with Gasteiger partial charge in [0.25, 0.3) is 11.8 Å². The first-order chi connectivity index (χ1) is 14.0. The van der Waals surface area contributed by atoms with E-state index in [4.69, 9.17) is 4.74 Å². The van der Waals surface area contributed by atoms with Crippen LogP contribution in [-0.4, -0.2) is 27.9 Å². The lowest BCUT2D eigenvalue weighted by atomic mass is 10.2. The Bertz CT molecular complexity index is 990. The van der Waals surface area contributed by atoms with Gasteiger partial charge < -0.3 is 15.4 Å². The van der Waals surface area contributed by atoms with Crippen molar-refractivity contribution in [1.82, 2.24) is 15.3 Å². The molecule has 2 amide bonds. The summed E-state index contributed by atoms with van der Waals surface area (Å²) in [5, 5.41) is 5.53. The number of benzene rings is 1. The SMILES string of the molecule is CC(C)Oc1ccccc1NC(=O)c1cccc(C(=O)NCc2ccccn2)n1. The van der Waals surface area contributed by atoms with Gasteiger partial charge in [0, 0.05) is 6.20 Å². The van der Waals surface area contributed by atoms with Crippen LogP contribution in [0.5, 0.6) is 5.75 Å². The van der Waals surface area contributed by atoms with Gasteiger partial charge in [-0.25, -0.2) is 4.98 Å². The van der Waals surface area contributed by atoms with Crippen LogP contribution < -0.4 is 15.4 Å². The standard InChI is InChI=1S/C22H22N4O3/c1-15(2)29-20-12-4-3-9-17(20)26-22(28)19-11-7-10-18(25-19)21(27)24-14-16-8-5-6-13-23-16/h3-13,15H,14H2,1-2H3,(H,24,27)(H,26,28). The summed E-state index contributed by atoms with van der Waals surface area (Å²) in [4.78, 5) is 33.3. The van der Waals surface area contributed by atoms with Crippen molar-refractivity contribution in [2.24, 2.45) is 0 Å². The van der Waals surface area contributed by atoms with Gasteiger partial charge in [0.05, 0.1) is 24.0 Å². The number of carbonyl (C=O) groups is 2. The quantitative estimate of drug-likeness (QED) is 0.645. The molecule has 2 heterocycles. The number of carbonyl (C=O) groups excluding carboxylic acids is 2. The van der Waals surface area contributed by atoms with Crippen LogP contribution in [-0.2, 0) is 6.54 Å². The van der Waals surface area contributed by atoms with Gasteiger partial charge in [-0.05, 0) is 50.2 Å². The molecule has 0 aliphatic rings. The minimum absolute atomic E-state index is 0.0303. The van der Waals surface area contributed by atoms with Gasteiger partial charge in [0.1, 0.15) is 17.1 Å². The lowest BCUT2D eigenvalue weighted by molar-refractivity contribution is 0.0945. The summed E-state index contributed by atoms with van der Waals surface area (Å²) >= 11 is 0. The van der Waals surface area contributed by atoms with Crippen molar-refractivity contribution >= 4 is 17.5 Å². The number of rotatable bonds is 7. The molecular formula is C22H22N4O3. The first-order valence-electron chi connectivity index (χ1n) is 9.25. The highest BCUT2D eigenvalue weighted by molar-refractivity contribution is 6.04. The fourth-order valence-corrected chi connectivity index (χ4v) is 2.56. The molecule has 1 aromatic carbocycles. The smallest absolute Gasteiger partial charge is 0.274 e. The molecular weight excluding hydrogens is 368 g/mol. The molecule has 0 spiro atoms. The van der Waals surface area contributed by atoms with E-state index < -0.39 is 5.91 Å². The monoisotopic (exact) mass is 390 g/mol. The molecule has 0 atom stereocenters. The molecule has 2 N–H and O–H groups in total. The van der Waals surface area contributed by atoms with Crippen LogP contribution >= 0.6 is 0 Å². The summed E-state index contributed by atoms with van der Waals surface area (Å²) in [5.74, 6) is -0.238. The Morgan fingerprint density at radius 2 is 1.66 bits per heavy atom. The highest BCUT2D eigenvalue weighted by Crippen LogP contribution is 2.25. The predicted octanol–water partition coefficient (Wildman–Crippen LogP) is 3.45. The van der Waals surface area contributed by atoms with E-state index >= 15 is 0 Å². The van der Waals surface area contributed by atoms with E-state index in [9.17, 15) is 9.59 Å².